The minimum absolute atomic E-state index is 0.0228. The van der Waals surface area contributed by atoms with Crippen molar-refractivity contribution < 1.29 is 14.4 Å². The summed E-state index contributed by atoms with van der Waals surface area (Å²) in [7, 11) is 0. The van der Waals surface area contributed by atoms with Crippen molar-refractivity contribution in [1.82, 2.24) is 19.9 Å². The Morgan fingerprint density at radius 3 is 2.80 bits per heavy atom. The van der Waals surface area contributed by atoms with E-state index in [2.05, 4.69) is 15.2 Å². The highest BCUT2D eigenvalue weighted by Crippen LogP contribution is 2.15. The van der Waals surface area contributed by atoms with E-state index in [-0.39, 0.29) is 6.42 Å². The lowest BCUT2D eigenvalue weighted by atomic mass is 10.1. The van der Waals surface area contributed by atoms with Crippen LogP contribution in [0.4, 0.5) is 0 Å². The molecule has 2 aromatic rings. The molecule has 7 heteroatoms. The van der Waals surface area contributed by atoms with E-state index >= 15 is 0 Å². The predicted octanol–water partition coefficient (Wildman–Crippen LogP) is 1.51. The maximum Gasteiger partial charge on any atom is 0.307 e. The summed E-state index contributed by atoms with van der Waals surface area (Å²) in [4.78, 5) is 15.1. The van der Waals surface area contributed by atoms with Gasteiger partial charge in [-0.25, -0.2) is 0 Å². The van der Waals surface area contributed by atoms with Gasteiger partial charge in [-0.1, -0.05) is 12.1 Å². The van der Waals surface area contributed by atoms with E-state index < -0.39 is 5.97 Å². The fraction of sp³-hybridized carbons (Fsp3) is 0.538. The number of carbonyl (C=O) groups is 1. The van der Waals surface area contributed by atoms with Crippen LogP contribution in [0.25, 0.3) is 0 Å². The zero-order valence-corrected chi connectivity index (χ0v) is 11.9. The normalized spacial score (nSPS) is 10.9. The Kier molecular flexibility index (Phi) is 4.16. The van der Waals surface area contributed by atoms with Gasteiger partial charge in [0.1, 0.15) is 6.54 Å². The molecule has 0 bridgehead atoms. The molecule has 20 heavy (non-hydrogen) atoms. The number of hydrogen-bond acceptors (Lipinski definition) is 5. The number of carboxylic acid groups (broad SMARTS) is 1. The Balaban J connectivity index is 2.18. The lowest BCUT2D eigenvalue weighted by Crippen LogP contribution is -2.07. The van der Waals surface area contributed by atoms with Crippen LogP contribution in [0.1, 0.15) is 42.0 Å². The van der Waals surface area contributed by atoms with E-state index in [1.54, 1.807) is 11.6 Å². The lowest BCUT2D eigenvalue weighted by Gasteiger charge is -2.01. The summed E-state index contributed by atoms with van der Waals surface area (Å²) in [6.45, 7) is 6.09. The molecule has 0 amide bonds. The minimum Gasteiger partial charge on any atom is -0.481 e. The highest BCUT2D eigenvalue weighted by molar-refractivity contribution is 5.70. The zero-order valence-electron chi connectivity index (χ0n) is 11.9. The van der Waals surface area contributed by atoms with Gasteiger partial charge in [-0.15, -0.1) is 0 Å². The quantitative estimate of drug-likeness (QED) is 0.860. The van der Waals surface area contributed by atoms with Crippen molar-refractivity contribution in [1.29, 1.82) is 0 Å². The second-order valence-corrected chi connectivity index (χ2v) is 4.73. The van der Waals surface area contributed by atoms with Crippen LogP contribution in [0.3, 0.4) is 0 Å². The number of hydrogen-bond donors (Lipinski definition) is 1. The van der Waals surface area contributed by atoms with E-state index in [1.165, 1.54) is 0 Å². The van der Waals surface area contributed by atoms with Gasteiger partial charge < -0.3 is 9.63 Å². The smallest absolute Gasteiger partial charge is 0.307 e. The second kappa shape index (κ2) is 5.85. The molecule has 0 spiro atoms. The number of aliphatic carboxylic acids is 1. The topological polar surface area (TPSA) is 94.0 Å². The fourth-order valence-electron chi connectivity index (χ4n) is 2.10. The Morgan fingerprint density at radius 1 is 1.40 bits per heavy atom. The highest BCUT2D eigenvalue weighted by Gasteiger charge is 2.16. The van der Waals surface area contributed by atoms with E-state index in [1.807, 2.05) is 13.8 Å². The van der Waals surface area contributed by atoms with E-state index in [0.29, 0.717) is 18.3 Å². The third kappa shape index (κ3) is 3.04. The van der Waals surface area contributed by atoms with Gasteiger partial charge in [-0.3, -0.25) is 9.48 Å². The molecule has 0 atom stereocenters. The highest BCUT2D eigenvalue weighted by atomic mass is 16.5. The van der Waals surface area contributed by atoms with Gasteiger partial charge >= 0.3 is 5.97 Å². The van der Waals surface area contributed by atoms with Crippen molar-refractivity contribution in [3.05, 3.63) is 28.7 Å². The SMILES string of the molecule is CCCc1nc(Cn2nc(C)c(CC(=O)O)c2C)no1. The first-order valence-corrected chi connectivity index (χ1v) is 6.57. The molecule has 0 saturated heterocycles. The van der Waals surface area contributed by atoms with E-state index in [0.717, 1.165) is 29.8 Å². The first-order chi connectivity index (χ1) is 9.51. The van der Waals surface area contributed by atoms with Crippen LogP contribution in [0, 0.1) is 13.8 Å². The molecule has 0 saturated carbocycles. The van der Waals surface area contributed by atoms with Gasteiger partial charge in [0.15, 0.2) is 5.82 Å². The number of aryl methyl sites for hydroxylation is 2. The molecule has 0 aromatic carbocycles. The molecule has 0 aliphatic rings. The van der Waals surface area contributed by atoms with Gasteiger partial charge in [0.25, 0.3) is 0 Å². The summed E-state index contributed by atoms with van der Waals surface area (Å²) in [5, 5.41) is 17.2. The summed E-state index contributed by atoms with van der Waals surface area (Å²) in [5.41, 5.74) is 2.30. The third-order valence-corrected chi connectivity index (χ3v) is 3.12. The van der Waals surface area contributed by atoms with Crippen molar-refractivity contribution in [2.45, 2.75) is 46.6 Å². The molecule has 108 valence electrons. The van der Waals surface area contributed by atoms with Crippen LogP contribution in [0.5, 0.6) is 0 Å². The van der Waals surface area contributed by atoms with Crippen LogP contribution >= 0.6 is 0 Å². The monoisotopic (exact) mass is 278 g/mol. The molecule has 2 heterocycles. The van der Waals surface area contributed by atoms with E-state index in [4.69, 9.17) is 9.63 Å². The summed E-state index contributed by atoms with van der Waals surface area (Å²) >= 11 is 0. The van der Waals surface area contributed by atoms with Gasteiger partial charge in [-0.2, -0.15) is 10.1 Å². The molecular formula is C13H18N4O3. The standard InChI is InChI=1S/C13H18N4O3/c1-4-5-12-14-11(16-20-12)7-17-9(3)10(6-13(18)19)8(2)15-17/h4-7H2,1-3H3,(H,18,19). The fourth-order valence-corrected chi connectivity index (χ4v) is 2.10. The molecule has 7 nitrogen and oxygen atoms in total. The van der Waals surface area contributed by atoms with Crippen molar-refractivity contribution in [2.24, 2.45) is 0 Å². The number of nitrogens with zero attached hydrogens (tertiary/aromatic N) is 4. The van der Waals surface area contributed by atoms with Crippen molar-refractivity contribution in [3.63, 3.8) is 0 Å². The predicted molar refractivity (Wildman–Crippen MR) is 70.4 cm³/mol. The number of carboxylic acids is 1. The zero-order chi connectivity index (χ0) is 14.7. The molecule has 2 rings (SSSR count). The van der Waals surface area contributed by atoms with Crippen LogP contribution in [-0.2, 0) is 24.2 Å². The van der Waals surface area contributed by atoms with Crippen molar-refractivity contribution in [2.75, 3.05) is 0 Å². The maximum absolute atomic E-state index is 10.8. The average Bonchev–Trinajstić information content (AvgIpc) is 2.91. The maximum atomic E-state index is 10.8. The Hall–Kier alpha value is -2.18. The Labute approximate surface area is 116 Å². The number of rotatable bonds is 6. The summed E-state index contributed by atoms with van der Waals surface area (Å²) in [5.74, 6) is 0.316. The summed E-state index contributed by atoms with van der Waals surface area (Å²) in [6.07, 6.45) is 1.68. The molecule has 2 aromatic heterocycles. The van der Waals surface area contributed by atoms with Gasteiger partial charge in [-0.05, 0) is 20.3 Å². The first-order valence-electron chi connectivity index (χ1n) is 6.57. The molecule has 1 N–H and O–H groups in total. The summed E-state index contributed by atoms with van der Waals surface area (Å²) in [6, 6.07) is 0. The Bertz CT molecular complexity index is 615. The van der Waals surface area contributed by atoms with Crippen molar-refractivity contribution in [3.8, 4) is 0 Å². The third-order valence-electron chi connectivity index (χ3n) is 3.12. The molecule has 0 aliphatic heterocycles. The van der Waals surface area contributed by atoms with Crippen LogP contribution in [0.2, 0.25) is 0 Å². The minimum atomic E-state index is -0.861. The van der Waals surface area contributed by atoms with E-state index in [9.17, 15) is 4.79 Å². The van der Waals surface area contributed by atoms with Gasteiger partial charge in [0.05, 0.1) is 12.1 Å². The van der Waals surface area contributed by atoms with Crippen LogP contribution in [-0.4, -0.2) is 31.0 Å². The average molecular weight is 278 g/mol. The van der Waals surface area contributed by atoms with Gasteiger partial charge in [0.2, 0.25) is 5.89 Å². The largest absolute Gasteiger partial charge is 0.481 e. The first kappa shape index (κ1) is 14.2. The van der Waals surface area contributed by atoms with Crippen LogP contribution in [0.15, 0.2) is 4.52 Å². The lowest BCUT2D eigenvalue weighted by molar-refractivity contribution is -0.136. The molecule has 0 aliphatic carbocycles. The second-order valence-electron chi connectivity index (χ2n) is 4.73. The van der Waals surface area contributed by atoms with Crippen LogP contribution < -0.4 is 0 Å². The summed E-state index contributed by atoms with van der Waals surface area (Å²) < 4.78 is 6.84. The molecular weight excluding hydrogens is 260 g/mol. The van der Waals surface area contributed by atoms with Crippen molar-refractivity contribution >= 4 is 5.97 Å². The number of aromatic nitrogens is 4. The molecule has 0 fully saturated rings. The van der Waals surface area contributed by atoms with Gasteiger partial charge in [0, 0.05) is 17.7 Å². The Morgan fingerprint density at radius 2 is 2.15 bits per heavy atom. The molecule has 0 unspecified atom stereocenters. The molecule has 0 radical (unpaired) electrons.